The van der Waals surface area contributed by atoms with Gasteiger partial charge in [-0.2, -0.15) is 0 Å². The van der Waals surface area contributed by atoms with Gasteiger partial charge in [0.1, 0.15) is 12.3 Å². The molecule has 0 amide bonds. The van der Waals surface area contributed by atoms with E-state index in [9.17, 15) is 5.11 Å². The second kappa shape index (κ2) is 21.3. The fraction of sp³-hybridized carbons (Fsp3) is 0.621. The van der Waals surface area contributed by atoms with E-state index in [1.165, 1.54) is 96.4 Å². The highest BCUT2D eigenvalue weighted by Crippen LogP contribution is 2.28. The van der Waals surface area contributed by atoms with Gasteiger partial charge < -0.3 is 17.5 Å². The van der Waals surface area contributed by atoms with Crippen molar-refractivity contribution in [2.24, 2.45) is 0 Å². The smallest absolute Gasteiger partial charge is 0.168 e. The van der Waals surface area contributed by atoms with E-state index in [1.807, 2.05) is 19.9 Å². The monoisotopic (exact) mass is 495 g/mol. The number of phenols is 1. The van der Waals surface area contributed by atoms with Gasteiger partial charge in [0.2, 0.25) is 0 Å². The van der Waals surface area contributed by atoms with Crippen LogP contribution in [0, 0.1) is 13.8 Å². The van der Waals surface area contributed by atoms with Crippen LogP contribution in [0.3, 0.4) is 0 Å². The number of aromatic hydroxyl groups is 1. The Bertz CT molecular complexity index is 679. The SMILES string of the molecule is CCCCCCCCCCCCCCCC[n+]1ccccc1.Cc1ccc(Cl)c(O)c1C.[Cl-]. The van der Waals surface area contributed by atoms with Crippen LogP contribution in [0.25, 0.3) is 0 Å². The average molecular weight is 497 g/mol. The van der Waals surface area contributed by atoms with Crippen molar-refractivity contribution in [3.8, 4) is 5.75 Å². The molecule has 4 heteroatoms. The molecule has 0 unspecified atom stereocenters. The normalized spacial score (nSPS) is 10.3. The summed E-state index contributed by atoms with van der Waals surface area (Å²) in [6, 6.07) is 9.89. The molecule has 0 aliphatic heterocycles. The largest absolute Gasteiger partial charge is 1.00 e. The number of pyridine rings is 1. The Balaban J connectivity index is 0.000000779. The highest BCUT2D eigenvalue weighted by Gasteiger charge is 2.02. The summed E-state index contributed by atoms with van der Waals surface area (Å²) in [6.07, 6.45) is 24.4. The van der Waals surface area contributed by atoms with Crippen LogP contribution in [0.5, 0.6) is 5.75 Å². The Morgan fingerprint density at radius 3 is 1.61 bits per heavy atom. The van der Waals surface area contributed by atoms with Crippen LogP contribution in [-0.2, 0) is 6.54 Å². The molecular formula is C29H47Cl2NO. The molecule has 1 heterocycles. The maximum Gasteiger partial charge on any atom is 0.168 e. The van der Waals surface area contributed by atoms with E-state index in [0.29, 0.717) is 5.02 Å². The number of aromatic nitrogens is 1. The van der Waals surface area contributed by atoms with Gasteiger partial charge in [0.15, 0.2) is 12.4 Å². The molecule has 1 N–H and O–H groups in total. The Labute approximate surface area is 215 Å². The third-order valence-corrected chi connectivity index (χ3v) is 6.50. The van der Waals surface area contributed by atoms with Crippen molar-refractivity contribution in [1.82, 2.24) is 0 Å². The molecule has 188 valence electrons. The van der Waals surface area contributed by atoms with E-state index in [-0.39, 0.29) is 18.2 Å². The van der Waals surface area contributed by atoms with Crippen molar-refractivity contribution in [3.05, 3.63) is 58.9 Å². The van der Waals surface area contributed by atoms with Crippen LogP contribution in [0.2, 0.25) is 5.02 Å². The zero-order chi connectivity index (χ0) is 23.4. The first kappa shape index (κ1) is 31.8. The lowest BCUT2D eigenvalue weighted by Crippen LogP contribution is -3.00. The van der Waals surface area contributed by atoms with E-state index in [4.69, 9.17) is 11.6 Å². The molecule has 0 atom stereocenters. The third kappa shape index (κ3) is 16.1. The summed E-state index contributed by atoms with van der Waals surface area (Å²) in [6.45, 7) is 7.25. The van der Waals surface area contributed by atoms with Crippen molar-refractivity contribution in [3.63, 3.8) is 0 Å². The van der Waals surface area contributed by atoms with Crippen molar-refractivity contribution < 1.29 is 22.1 Å². The second-order valence-corrected chi connectivity index (χ2v) is 9.45. The Morgan fingerprint density at radius 2 is 1.15 bits per heavy atom. The van der Waals surface area contributed by atoms with Gasteiger partial charge in [0.05, 0.1) is 5.02 Å². The number of hydrogen-bond donors (Lipinski definition) is 1. The zero-order valence-corrected chi connectivity index (χ0v) is 22.8. The summed E-state index contributed by atoms with van der Waals surface area (Å²) in [5, 5.41) is 9.67. The molecule has 2 nitrogen and oxygen atoms in total. The first-order valence-electron chi connectivity index (χ1n) is 12.9. The molecule has 1 aromatic heterocycles. The molecule has 0 radical (unpaired) electrons. The highest BCUT2D eigenvalue weighted by atomic mass is 35.5. The third-order valence-electron chi connectivity index (χ3n) is 6.20. The maximum absolute atomic E-state index is 9.26. The van der Waals surface area contributed by atoms with E-state index in [1.54, 1.807) is 6.07 Å². The van der Waals surface area contributed by atoms with Crippen LogP contribution in [0.1, 0.15) is 108 Å². The lowest BCUT2D eigenvalue weighted by molar-refractivity contribution is -0.697. The molecule has 0 aliphatic rings. The summed E-state index contributed by atoms with van der Waals surface area (Å²) in [5.74, 6) is 0.196. The number of aryl methyl sites for hydroxylation is 2. The molecule has 1 aromatic carbocycles. The summed E-state index contributed by atoms with van der Waals surface area (Å²) in [4.78, 5) is 0. The number of nitrogens with zero attached hydrogens (tertiary/aromatic N) is 1. The molecule has 0 spiro atoms. The lowest BCUT2D eigenvalue weighted by Gasteiger charge is -2.02. The Kier molecular flexibility index (Phi) is 20.5. The zero-order valence-electron chi connectivity index (χ0n) is 21.3. The minimum Gasteiger partial charge on any atom is -1.00 e. The van der Waals surface area contributed by atoms with E-state index in [2.05, 4.69) is 42.1 Å². The molecule has 2 aromatic rings. The summed E-state index contributed by atoms with van der Waals surface area (Å²) < 4.78 is 2.29. The van der Waals surface area contributed by atoms with Crippen molar-refractivity contribution in [1.29, 1.82) is 0 Å². The number of halogens is 2. The van der Waals surface area contributed by atoms with Crippen LogP contribution >= 0.6 is 11.6 Å². The predicted octanol–water partition coefficient (Wildman–Crippen LogP) is 6.12. The quantitative estimate of drug-likeness (QED) is 0.233. The number of rotatable bonds is 15. The van der Waals surface area contributed by atoms with Crippen molar-refractivity contribution >= 4 is 11.6 Å². The standard InChI is InChI=1S/C21H38N.C8H9ClO.ClH/c1-2-3-4-5-6-7-8-9-10-11-12-13-14-16-19-22-20-17-15-18-21-22;1-5-3-4-7(9)8(10)6(5)2;/h15,17-18,20-21H,2-14,16,19H2,1H3;3-4,10H,1-2H3;1H/q+1;;/p-1. The lowest BCUT2D eigenvalue weighted by atomic mass is 10.0. The molecule has 0 bridgehead atoms. The Hall–Kier alpha value is -1.25. The van der Waals surface area contributed by atoms with Gasteiger partial charge >= 0.3 is 0 Å². The molecule has 0 saturated carbocycles. The summed E-state index contributed by atoms with van der Waals surface area (Å²) in [7, 11) is 0. The first-order valence-corrected chi connectivity index (χ1v) is 13.3. The van der Waals surface area contributed by atoms with Crippen molar-refractivity contribution in [2.75, 3.05) is 0 Å². The summed E-state index contributed by atoms with van der Waals surface area (Å²) in [5.41, 5.74) is 1.91. The van der Waals surface area contributed by atoms with Crippen molar-refractivity contribution in [2.45, 2.75) is 117 Å². The number of phenolic OH excluding ortho intramolecular Hbond substituents is 1. The number of hydrogen-bond acceptors (Lipinski definition) is 1. The van der Waals surface area contributed by atoms with Gasteiger partial charge in [-0.1, -0.05) is 108 Å². The molecule has 2 rings (SSSR count). The maximum atomic E-state index is 9.26. The predicted molar refractivity (Wildman–Crippen MR) is 140 cm³/mol. The number of unbranched alkanes of at least 4 members (excludes halogenated alkanes) is 13. The minimum absolute atomic E-state index is 0. The molecule has 0 fully saturated rings. The average Bonchev–Trinajstić information content (AvgIpc) is 2.81. The first-order chi connectivity index (χ1) is 15.6. The van der Waals surface area contributed by atoms with Gasteiger partial charge in [0, 0.05) is 18.6 Å². The van der Waals surface area contributed by atoms with Gasteiger partial charge in [0.25, 0.3) is 0 Å². The topological polar surface area (TPSA) is 24.1 Å². The fourth-order valence-electron chi connectivity index (χ4n) is 3.84. The second-order valence-electron chi connectivity index (χ2n) is 9.05. The van der Waals surface area contributed by atoms with E-state index in [0.717, 1.165) is 11.1 Å². The van der Waals surface area contributed by atoms with Gasteiger partial charge in [-0.3, -0.25) is 0 Å². The fourth-order valence-corrected chi connectivity index (χ4v) is 4.05. The molecule has 0 saturated heterocycles. The van der Waals surface area contributed by atoms with Crippen LogP contribution in [0.4, 0.5) is 0 Å². The van der Waals surface area contributed by atoms with Gasteiger partial charge in [-0.05, 0) is 37.5 Å². The van der Waals surface area contributed by atoms with Crippen LogP contribution in [-0.4, -0.2) is 5.11 Å². The highest BCUT2D eigenvalue weighted by molar-refractivity contribution is 6.32. The minimum atomic E-state index is 0. The van der Waals surface area contributed by atoms with E-state index >= 15 is 0 Å². The molecule has 0 aliphatic carbocycles. The Morgan fingerprint density at radius 1 is 0.697 bits per heavy atom. The van der Waals surface area contributed by atoms with Gasteiger partial charge in [-0.25, -0.2) is 4.57 Å². The molecular weight excluding hydrogens is 449 g/mol. The molecule has 33 heavy (non-hydrogen) atoms. The van der Waals surface area contributed by atoms with Gasteiger partial charge in [-0.15, -0.1) is 0 Å². The summed E-state index contributed by atoms with van der Waals surface area (Å²) >= 11 is 5.64. The van der Waals surface area contributed by atoms with Crippen LogP contribution < -0.4 is 17.0 Å². The number of benzene rings is 1. The van der Waals surface area contributed by atoms with E-state index < -0.39 is 0 Å². The van der Waals surface area contributed by atoms with Crippen LogP contribution in [0.15, 0.2) is 42.7 Å².